The lowest BCUT2D eigenvalue weighted by Gasteiger charge is -2.32. The number of aryl methyl sites for hydroxylation is 1. The summed E-state index contributed by atoms with van der Waals surface area (Å²) in [5.41, 5.74) is 1.76. The number of nitrogens with zero attached hydrogens (tertiary/aromatic N) is 5. The lowest BCUT2D eigenvalue weighted by Crippen LogP contribution is -2.47. The first-order valence-corrected chi connectivity index (χ1v) is 15.4. The van der Waals surface area contributed by atoms with Gasteiger partial charge in [0.15, 0.2) is 0 Å². The molecule has 40 heavy (non-hydrogen) atoms. The van der Waals surface area contributed by atoms with Crippen LogP contribution in [0.1, 0.15) is 24.3 Å². The van der Waals surface area contributed by atoms with Crippen LogP contribution in [0.4, 0.5) is 5.69 Å². The second kappa shape index (κ2) is 12.1. The number of piperazine rings is 1. The highest BCUT2D eigenvalue weighted by atomic mass is 35.5. The van der Waals surface area contributed by atoms with E-state index in [1.54, 1.807) is 43.3 Å². The van der Waals surface area contributed by atoms with Gasteiger partial charge in [0, 0.05) is 49.0 Å². The number of nitrogens with one attached hydrogen (secondary N) is 1. The Morgan fingerprint density at radius 3 is 2.62 bits per heavy atom. The summed E-state index contributed by atoms with van der Waals surface area (Å²) >= 11 is 12.3. The number of carbonyl (C=O) groups is 1. The van der Waals surface area contributed by atoms with E-state index in [1.165, 1.54) is 4.31 Å². The van der Waals surface area contributed by atoms with E-state index in [0.717, 1.165) is 19.4 Å². The summed E-state index contributed by atoms with van der Waals surface area (Å²) in [4.78, 5) is 22.1. The zero-order valence-electron chi connectivity index (χ0n) is 22.4. The average Bonchev–Trinajstić information content (AvgIpc) is 3.38. The second-order valence-corrected chi connectivity index (χ2v) is 13.1. The molecule has 3 aromatic rings. The van der Waals surface area contributed by atoms with Crippen LogP contribution in [0.5, 0.6) is 0 Å². The van der Waals surface area contributed by atoms with E-state index in [1.807, 2.05) is 7.05 Å². The standard InChI is InChI=1S/C27H32Cl2N6O4S/c1-18-5-7-21(15-24(18)40(37,38)35-12-10-33(2)11-13-35)30-27(36)19-4-3-9-34(16-19)17-25-31-26(32-39-25)22-8-6-20(28)14-23(22)29/h5-8,14-15,19H,3-4,9-13,16-17H2,1-2H3,(H,30,36). The third kappa shape index (κ3) is 6.50. The number of carbonyl (C=O) groups excluding carboxylic acids is 1. The third-order valence-corrected chi connectivity index (χ3v) is 10.00. The van der Waals surface area contributed by atoms with E-state index in [-0.39, 0.29) is 16.7 Å². The van der Waals surface area contributed by atoms with Crippen molar-refractivity contribution in [3.05, 3.63) is 57.9 Å². The third-order valence-electron chi connectivity index (χ3n) is 7.41. The van der Waals surface area contributed by atoms with Crippen LogP contribution in [0.15, 0.2) is 45.8 Å². The fourth-order valence-electron chi connectivity index (χ4n) is 5.07. The van der Waals surface area contributed by atoms with E-state index < -0.39 is 10.0 Å². The molecule has 0 spiro atoms. The molecule has 1 atom stereocenters. The minimum atomic E-state index is -3.66. The number of benzene rings is 2. The first-order valence-electron chi connectivity index (χ1n) is 13.2. The smallest absolute Gasteiger partial charge is 0.243 e. The normalized spacial score (nSPS) is 19.6. The van der Waals surface area contributed by atoms with Gasteiger partial charge in [0.05, 0.1) is 22.4 Å². The van der Waals surface area contributed by atoms with E-state index in [4.69, 9.17) is 27.7 Å². The molecule has 0 bridgehead atoms. The molecule has 1 amide bonds. The van der Waals surface area contributed by atoms with Gasteiger partial charge < -0.3 is 14.7 Å². The Hall–Kier alpha value is -2.54. The van der Waals surface area contributed by atoms with Gasteiger partial charge in [-0.1, -0.05) is 34.4 Å². The van der Waals surface area contributed by atoms with Crippen LogP contribution in [0.25, 0.3) is 11.4 Å². The number of piperidine rings is 1. The van der Waals surface area contributed by atoms with Crippen LogP contribution >= 0.6 is 23.2 Å². The highest BCUT2D eigenvalue weighted by Gasteiger charge is 2.30. The Balaban J connectivity index is 1.22. The number of likely N-dealkylation sites (tertiary alicyclic amines) is 1. The first-order chi connectivity index (χ1) is 19.1. The maximum Gasteiger partial charge on any atom is 0.243 e. The van der Waals surface area contributed by atoms with Gasteiger partial charge in [0.25, 0.3) is 0 Å². The number of hydrogen-bond acceptors (Lipinski definition) is 8. The molecule has 0 aliphatic carbocycles. The number of likely N-dealkylation sites (N-methyl/N-ethyl adjacent to an activating group) is 1. The minimum absolute atomic E-state index is 0.143. The zero-order valence-corrected chi connectivity index (χ0v) is 24.8. The van der Waals surface area contributed by atoms with Crippen LogP contribution < -0.4 is 5.32 Å². The molecule has 1 N–H and O–H groups in total. The van der Waals surface area contributed by atoms with Crippen molar-refractivity contribution in [2.24, 2.45) is 5.92 Å². The summed E-state index contributed by atoms with van der Waals surface area (Å²) in [5.74, 6) is 0.403. The molecule has 2 aromatic carbocycles. The molecular weight excluding hydrogens is 575 g/mol. The summed E-state index contributed by atoms with van der Waals surface area (Å²) < 4.78 is 33.7. The van der Waals surface area contributed by atoms with Gasteiger partial charge in [0.2, 0.25) is 27.6 Å². The largest absolute Gasteiger partial charge is 0.338 e. The summed E-state index contributed by atoms with van der Waals surface area (Å²) in [7, 11) is -1.68. The number of rotatable bonds is 7. The monoisotopic (exact) mass is 606 g/mol. The Kier molecular flexibility index (Phi) is 8.79. The molecule has 5 rings (SSSR count). The van der Waals surface area contributed by atoms with Gasteiger partial charge in [-0.25, -0.2) is 8.42 Å². The zero-order chi connectivity index (χ0) is 28.4. The first kappa shape index (κ1) is 29.0. The van der Waals surface area contributed by atoms with Gasteiger partial charge in [-0.3, -0.25) is 9.69 Å². The van der Waals surface area contributed by atoms with Crippen LogP contribution in [0, 0.1) is 12.8 Å². The Morgan fingerprint density at radius 2 is 1.88 bits per heavy atom. The van der Waals surface area contributed by atoms with E-state index in [9.17, 15) is 13.2 Å². The molecule has 214 valence electrons. The fraction of sp³-hybridized carbons (Fsp3) is 0.444. The summed E-state index contributed by atoms with van der Waals surface area (Å²) in [5, 5.41) is 7.96. The lowest BCUT2D eigenvalue weighted by atomic mass is 9.97. The van der Waals surface area contributed by atoms with E-state index >= 15 is 0 Å². The summed E-state index contributed by atoms with van der Waals surface area (Å²) in [6.45, 7) is 5.75. The average molecular weight is 608 g/mol. The molecule has 2 aliphatic heterocycles. The molecule has 1 aromatic heterocycles. The van der Waals surface area contributed by atoms with E-state index in [0.29, 0.717) is 77.8 Å². The molecular formula is C27H32Cl2N6O4S. The SMILES string of the molecule is Cc1ccc(NC(=O)C2CCCN(Cc3nc(-c4ccc(Cl)cc4Cl)no3)C2)cc1S(=O)(=O)N1CCN(C)CC1. The highest BCUT2D eigenvalue weighted by Crippen LogP contribution is 2.29. The number of halogens is 2. The number of aromatic nitrogens is 2. The number of amides is 1. The molecule has 2 saturated heterocycles. The van der Waals surface area contributed by atoms with Gasteiger partial charge in [-0.15, -0.1) is 0 Å². The minimum Gasteiger partial charge on any atom is -0.338 e. The molecule has 0 saturated carbocycles. The molecule has 2 fully saturated rings. The van der Waals surface area contributed by atoms with Gasteiger partial charge in [-0.05, 0) is 69.3 Å². The highest BCUT2D eigenvalue weighted by molar-refractivity contribution is 7.89. The quantitative estimate of drug-likeness (QED) is 0.427. The molecule has 1 unspecified atom stereocenters. The van der Waals surface area contributed by atoms with Crippen molar-refractivity contribution in [2.45, 2.75) is 31.2 Å². The second-order valence-electron chi connectivity index (χ2n) is 10.4. The summed E-state index contributed by atoms with van der Waals surface area (Å²) in [6, 6.07) is 10.1. The van der Waals surface area contributed by atoms with Gasteiger partial charge in [0.1, 0.15) is 0 Å². The molecule has 2 aliphatic rings. The van der Waals surface area contributed by atoms with Crippen LogP contribution in [-0.2, 0) is 21.4 Å². The van der Waals surface area contributed by atoms with Crippen molar-refractivity contribution in [1.29, 1.82) is 0 Å². The lowest BCUT2D eigenvalue weighted by molar-refractivity contribution is -0.121. The Morgan fingerprint density at radius 1 is 1.10 bits per heavy atom. The number of anilines is 1. The predicted octanol–water partition coefficient (Wildman–Crippen LogP) is 4.14. The van der Waals surface area contributed by atoms with Crippen LogP contribution in [0.3, 0.4) is 0 Å². The molecule has 10 nitrogen and oxygen atoms in total. The van der Waals surface area contributed by atoms with Crippen molar-refractivity contribution < 1.29 is 17.7 Å². The van der Waals surface area contributed by atoms with Crippen LogP contribution in [-0.4, -0.2) is 84.9 Å². The topological polar surface area (TPSA) is 112 Å². The molecule has 0 radical (unpaired) electrons. The van der Waals surface area contributed by atoms with Gasteiger partial charge in [-0.2, -0.15) is 9.29 Å². The number of sulfonamides is 1. The molecule has 13 heteroatoms. The van der Waals surface area contributed by atoms with Crippen molar-refractivity contribution in [3.63, 3.8) is 0 Å². The fourth-order valence-corrected chi connectivity index (χ4v) is 7.24. The van der Waals surface area contributed by atoms with E-state index in [2.05, 4.69) is 25.3 Å². The predicted molar refractivity (Wildman–Crippen MR) is 154 cm³/mol. The summed E-state index contributed by atoms with van der Waals surface area (Å²) in [6.07, 6.45) is 1.56. The molecule has 3 heterocycles. The van der Waals surface area contributed by atoms with Crippen molar-refractivity contribution in [2.75, 3.05) is 51.6 Å². The maximum absolute atomic E-state index is 13.4. The van der Waals surface area contributed by atoms with Crippen LogP contribution in [0.2, 0.25) is 10.0 Å². The number of hydrogen-bond donors (Lipinski definition) is 1. The van der Waals surface area contributed by atoms with Gasteiger partial charge >= 0.3 is 0 Å². The Bertz CT molecular complexity index is 1490. The maximum atomic E-state index is 13.4. The van der Waals surface area contributed by atoms with Crippen molar-refractivity contribution in [3.8, 4) is 11.4 Å². The Labute approximate surface area is 244 Å². The van der Waals surface area contributed by atoms with Crippen molar-refractivity contribution in [1.82, 2.24) is 24.2 Å². The van der Waals surface area contributed by atoms with Crippen molar-refractivity contribution >= 4 is 44.8 Å².